The molecule has 21 heavy (non-hydrogen) atoms. The van der Waals surface area contributed by atoms with Crippen molar-refractivity contribution in [2.24, 2.45) is 0 Å². The fraction of sp³-hybridized carbons (Fsp3) is 0.750. The SMILES string of the molecule is COC(=O)C(C)(CCn1cnc2c1CCCC2)NC1CC1. The van der Waals surface area contributed by atoms with E-state index in [1.807, 2.05) is 13.3 Å². The standard InChI is InChI=1S/C16H25N3O2/c1-16(15(20)21-2,18-12-7-8-12)9-10-19-11-17-13-5-3-4-6-14(13)19/h11-12,18H,3-10H2,1-2H3. The minimum absolute atomic E-state index is 0.164. The molecule has 3 rings (SSSR count). The molecule has 1 aromatic heterocycles. The lowest BCUT2D eigenvalue weighted by atomic mass is 9.96. The molecule has 1 aromatic rings. The summed E-state index contributed by atoms with van der Waals surface area (Å²) < 4.78 is 7.23. The number of fused-ring (bicyclic) bond motifs is 1. The summed E-state index contributed by atoms with van der Waals surface area (Å²) in [6, 6.07) is 0.478. The number of nitrogens with one attached hydrogen (secondary N) is 1. The molecular formula is C16H25N3O2. The second-order valence-electron chi connectivity index (χ2n) is 6.53. The average Bonchev–Trinajstić information content (AvgIpc) is 3.21. The maximum atomic E-state index is 12.1. The number of carbonyl (C=O) groups is 1. The second kappa shape index (κ2) is 5.79. The number of aryl methyl sites for hydroxylation is 2. The van der Waals surface area contributed by atoms with Gasteiger partial charge in [-0.25, -0.2) is 4.98 Å². The Morgan fingerprint density at radius 2 is 2.24 bits per heavy atom. The Bertz CT molecular complexity index is 522. The predicted octanol–water partition coefficient (Wildman–Crippen LogP) is 1.84. The van der Waals surface area contributed by atoms with Crippen LogP contribution in [0.3, 0.4) is 0 Å². The quantitative estimate of drug-likeness (QED) is 0.813. The molecule has 0 radical (unpaired) electrons. The van der Waals surface area contributed by atoms with Crippen molar-refractivity contribution in [2.45, 2.75) is 70.0 Å². The van der Waals surface area contributed by atoms with Crippen LogP contribution in [0.25, 0.3) is 0 Å². The zero-order valence-electron chi connectivity index (χ0n) is 13.0. The van der Waals surface area contributed by atoms with Crippen molar-refractivity contribution < 1.29 is 9.53 Å². The summed E-state index contributed by atoms with van der Waals surface area (Å²) in [5.74, 6) is -0.164. The zero-order valence-corrected chi connectivity index (χ0v) is 13.0. The van der Waals surface area contributed by atoms with Gasteiger partial charge in [-0.05, 0) is 51.9 Å². The number of methoxy groups -OCH3 is 1. The molecule has 1 heterocycles. The van der Waals surface area contributed by atoms with Gasteiger partial charge in [0.05, 0.1) is 19.1 Å². The summed E-state index contributed by atoms with van der Waals surface area (Å²) >= 11 is 0. The highest BCUT2D eigenvalue weighted by atomic mass is 16.5. The van der Waals surface area contributed by atoms with E-state index in [0.717, 1.165) is 38.6 Å². The van der Waals surface area contributed by atoms with Crippen LogP contribution in [0.15, 0.2) is 6.33 Å². The Kier molecular flexibility index (Phi) is 4.02. The van der Waals surface area contributed by atoms with E-state index in [9.17, 15) is 4.79 Å². The Hall–Kier alpha value is -1.36. The third kappa shape index (κ3) is 3.12. The van der Waals surface area contributed by atoms with Crippen molar-refractivity contribution in [3.05, 3.63) is 17.7 Å². The summed E-state index contributed by atoms with van der Waals surface area (Å²) in [5.41, 5.74) is 2.01. The zero-order chi connectivity index (χ0) is 14.9. The van der Waals surface area contributed by atoms with Gasteiger partial charge in [-0.15, -0.1) is 0 Å². The van der Waals surface area contributed by atoms with Crippen molar-refractivity contribution in [1.82, 2.24) is 14.9 Å². The predicted molar refractivity (Wildman–Crippen MR) is 80.1 cm³/mol. The number of hydrogen-bond acceptors (Lipinski definition) is 4. The Balaban J connectivity index is 1.68. The maximum absolute atomic E-state index is 12.1. The Labute approximate surface area is 126 Å². The molecule has 0 aromatic carbocycles. The second-order valence-corrected chi connectivity index (χ2v) is 6.53. The molecule has 1 unspecified atom stereocenters. The highest BCUT2D eigenvalue weighted by molar-refractivity contribution is 5.80. The van der Waals surface area contributed by atoms with Crippen molar-refractivity contribution in [2.75, 3.05) is 7.11 Å². The van der Waals surface area contributed by atoms with E-state index < -0.39 is 5.54 Å². The molecular weight excluding hydrogens is 266 g/mol. The number of carbonyl (C=O) groups excluding carboxylic acids is 1. The molecule has 0 amide bonds. The van der Waals surface area contributed by atoms with Crippen LogP contribution in [0.4, 0.5) is 0 Å². The minimum atomic E-state index is -0.595. The van der Waals surface area contributed by atoms with E-state index >= 15 is 0 Å². The number of aromatic nitrogens is 2. The van der Waals surface area contributed by atoms with Crippen LogP contribution in [0, 0.1) is 0 Å². The van der Waals surface area contributed by atoms with E-state index in [1.54, 1.807) is 0 Å². The van der Waals surface area contributed by atoms with Gasteiger partial charge in [0.1, 0.15) is 5.54 Å². The first-order valence-electron chi connectivity index (χ1n) is 8.01. The third-order valence-corrected chi connectivity index (χ3v) is 4.70. The summed E-state index contributed by atoms with van der Waals surface area (Å²) in [6.45, 7) is 2.77. The van der Waals surface area contributed by atoms with Crippen LogP contribution in [-0.2, 0) is 28.9 Å². The molecule has 1 atom stereocenters. The van der Waals surface area contributed by atoms with Crippen molar-refractivity contribution >= 4 is 5.97 Å². The molecule has 5 nitrogen and oxygen atoms in total. The number of rotatable bonds is 6. The van der Waals surface area contributed by atoms with Gasteiger partial charge in [0.25, 0.3) is 0 Å². The van der Waals surface area contributed by atoms with E-state index in [2.05, 4.69) is 14.9 Å². The molecule has 116 valence electrons. The van der Waals surface area contributed by atoms with Gasteiger partial charge < -0.3 is 9.30 Å². The van der Waals surface area contributed by atoms with Gasteiger partial charge in [-0.1, -0.05) is 0 Å². The van der Waals surface area contributed by atoms with Crippen molar-refractivity contribution in [3.63, 3.8) is 0 Å². The van der Waals surface area contributed by atoms with Crippen LogP contribution in [-0.4, -0.2) is 34.2 Å². The molecule has 1 saturated carbocycles. The highest BCUT2D eigenvalue weighted by Crippen LogP contribution is 2.26. The lowest BCUT2D eigenvalue weighted by molar-refractivity contribution is -0.148. The summed E-state index contributed by atoms with van der Waals surface area (Å²) in [7, 11) is 1.47. The molecule has 5 heteroatoms. The number of esters is 1. The lowest BCUT2D eigenvalue weighted by Crippen LogP contribution is -2.51. The van der Waals surface area contributed by atoms with Crippen LogP contribution < -0.4 is 5.32 Å². The molecule has 1 N–H and O–H groups in total. The summed E-state index contributed by atoms with van der Waals surface area (Å²) in [6.07, 6.45) is 9.68. The van der Waals surface area contributed by atoms with Crippen LogP contribution in [0.2, 0.25) is 0 Å². The summed E-state index contributed by atoms with van der Waals surface area (Å²) in [5, 5.41) is 3.45. The smallest absolute Gasteiger partial charge is 0.325 e. The van der Waals surface area contributed by atoms with Gasteiger partial charge >= 0.3 is 5.97 Å². The van der Waals surface area contributed by atoms with Crippen molar-refractivity contribution in [3.8, 4) is 0 Å². The Morgan fingerprint density at radius 1 is 1.48 bits per heavy atom. The first-order chi connectivity index (χ1) is 10.1. The fourth-order valence-corrected chi connectivity index (χ4v) is 3.20. The van der Waals surface area contributed by atoms with E-state index in [4.69, 9.17) is 4.74 Å². The fourth-order valence-electron chi connectivity index (χ4n) is 3.20. The topological polar surface area (TPSA) is 56.2 Å². The molecule has 0 bridgehead atoms. The van der Waals surface area contributed by atoms with Crippen LogP contribution >= 0.6 is 0 Å². The largest absolute Gasteiger partial charge is 0.468 e. The van der Waals surface area contributed by atoms with Gasteiger partial charge in [-0.3, -0.25) is 10.1 Å². The van der Waals surface area contributed by atoms with Crippen LogP contribution in [0.5, 0.6) is 0 Å². The molecule has 0 spiro atoms. The number of nitrogens with zero attached hydrogens (tertiary/aromatic N) is 2. The molecule has 0 aliphatic heterocycles. The van der Waals surface area contributed by atoms with Crippen molar-refractivity contribution in [1.29, 1.82) is 0 Å². The van der Waals surface area contributed by atoms with E-state index in [-0.39, 0.29) is 5.97 Å². The highest BCUT2D eigenvalue weighted by Gasteiger charge is 2.39. The summed E-state index contributed by atoms with van der Waals surface area (Å²) in [4.78, 5) is 16.7. The van der Waals surface area contributed by atoms with Gasteiger partial charge in [-0.2, -0.15) is 0 Å². The normalized spacial score (nSPS) is 20.7. The first-order valence-corrected chi connectivity index (χ1v) is 8.01. The molecule has 2 aliphatic carbocycles. The van der Waals surface area contributed by atoms with Crippen LogP contribution in [0.1, 0.15) is 50.4 Å². The Morgan fingerprint density at radius 3 is 2.95 bits per heavy atom. The lowest BCUT2D eigenvalue weighted by Gasteiger charge is -2.28. The number of imidazole rings is 1. The monoisotopic (exact) mass is 291 g/mol. The number of ether oxygens (including phenoxy) is 1. The first kappa shape index (κ1) is 14.6. The van der Waals surface area contributed by atoms with E-state index in [1.165, 1.54) is 31.3 Å². The molecule has 0 saturated heterocycles. The van der Waals surface area contributed by atoms with Gasteiger partial charge in [0.15, 0.2) is 0 Å². The number of hydrogen-bond donors (Lipinski definition) is 1. The average molecular weight is 291 g/mol. The van der Waals surface area contributed by atoms with E-state index in [0.29, 0.717) is 6.04 Å². The van der Waals surface area contributed by atoms with Gasteiger partial charge in [0.2, 0.25) is 0 Å². The maximum Gasteiger partial charge on any atom is 0.325 e. The molecule has 2 aliphatic rings. The minimum Gasteiger partial charge on any atom is -0.468 e. The molecule has 1 fully saturated rings. The van der Waals surface area contributed by atoms with Gasteiger partial charge in [0, 0.05) is 18.3 Å². The third-order valence-electron chi connectivity index (χ3n) is 4.70.